The van der Waals surface area contributed by atoms with E-state index in [-0.39, 0.29) is 11.4 Å². The molecule has 29 heavy (non-hydrogen) atoms. The number of hydrogen-bond acceptors (Lipinski definition) is 6. The van der Waals surface area contributed by atoms with Crippen molar-refractivity contribution in [2.24, 2.45) is 0 Å². The number of rotatable bonds is 8. The highest BCUT2D eigenvalue weighted by Crippen LogP contribution is 2.37. The summed E-state index contributed by atoms with van der Waals surface area (Å²) in [5.41, 5.74) is 0.814. The fourth-order valence-corrected chi connectivity index (χ4v) is 5.49. The molecule has 160 valence electrons. The van der Waals surface area contributed by atoms with Crippen LogP contribution in [0.25, 0.3) is 6.08 Å². The van der Waals surface area contributed by atoms with Gasteiger partial charge in [-0.1, -0.05) is 11.6 Å². The molecule has 1 atom stereocenters. The summed E-state index contributed by atoms with van der Waals surface area (Å²) in [7, 11) is 1.57. The molecular weight excluding hydrogens is 412 g/mol. The van der Waals surface area contributed by atoms with E-state index in [0.717, 1.165) is 49.8 Å². The van der Waals surface area contributed by atoms with E-state index in [1.807, 2.05) is 24.8 Å². The molecule has 1 aromatic carbocycles. The number of nitrogens with zero attached hydrogens (tertiary/aromatic N) is 1. The third kappa shape index (κ3) is 5.60. The second-order valence-electron chi connectivity index (χ2n) is 7.14. The average Bonchev–Trinajstić information content (AvgIpc) is 3.23. The maximum Gasteiger partial charge on any atom is 0.244 e. The van der Waals surface area contributed by atoms with Gasteiger partial charge in [0.15, 0.2) is 11.5 Å². The lowest BCUT2D eigenvalue weighted by Crippen LogP contribution is -2.59. The van der Waals surface area contributed by atoms with Crippen LogP contribution in [0.15, 0.2) is 18.2 Å². The molecule has 2 aliphatic rings. The number of carbonyl (C=O) groups excluding carboxylic acids is 1. The molecule has 1 amide bonds. The first kappa shape index (κ1) is 22.3. The zero-order valence-electron chi connectivity index (χ0n) is 17.0. The molecule has 2 heterocycles. The molecule has 0 bridgehead atoms. The molecular formula is C21H29ClN2O4S. The van der Waals surface area contributed by atoms with Gasteiger partial charge in [0.2, 0.25) is 5.91 Å². The van der Waals surface area contributed by atoms with Crippen LogP contribution in [-0.2, 0) is 9.53 Å². The first-order valence-corrected chi connectivity index (χ1v) is 11.5. The molecule has 3 rings (SSSR count). The summed E-state index contributed by atoms with van der Waals surface area (Å²) in [5, 5.41) is 3.56. The molecule has 0 aliphatic carbocycles. The first-order valence-electron chi connectivity index (χ1n) is 9.95. The molecule has 0 radical (unpaired) electrons. The van der Waals surface area contributed by atoms with Crippen molar-refractivity contribution in [3.8, 4) is 11.5 Å². The summed E-state index contributed by atoms with van der Waals surface area (Å²) >= 11 is 8.26. The van der Waals surface area contributed by atoms with Crippen molar-refractivity contribution in [2.75, 3.05) is 58.1 Å². The fourth-order valence-electron chi connectivity index (χ4n) is 3.74. The summed E-state index contributed by atoms with van der Waals surface area (Å²) in [4.78, 5) is 15.0. The smallest absolute Gasteiger partial charge is 0.244 e. The Morgan fingerprint density at radius 2 is 2.21 bits per heavy atom. The van der Waals surface area contributed by atoms with Crippen LogP contribution >= 0.6 is 23.4 Å². The quantitative estimate of drug-likeness (QED) is 0.627. The van der Waals surface area contributed by atoms with Crippen molar-refractivity contribution >= 4 is 35.3 Å². The third-order valence-corrected chi connectivity index (χ3v) is 6.84. The highest BCUT2D eigenvalue weighted by Gasteiger charge is 2.40. The molecule has 0 spiro atoms. The Bertz CT molecular complexity index is 732. The lowest BCUT2D eigenvalue weighted by atomic mass is 9.95. The van der Waals surface area contributed by atoms with Gasteiger partial charge in [-0.3, -0.25) is 9.69 Å². The minimum atomic E-state index is -0.112. The van der Waals surface area contributed by atoms with Gasteiger partial charge in [0.05, 0.1) is 32.0 Å². The van der Waals surface area contributed by atoms with E-state index in [2.05, 4.69) is 10.2 Å². The van der Waals surface area contributed by atoms with E-state index in [1.165, 1.54) is 0 Å². The summed E-state index contributed by atoms with van der Waals surface area (Å²) in [6, 6.07) is 3.57. The third-order valence-electron chi connectivity index (χ3n) is 5.32. The van der Waals surface area contributed by atoms with Crippen LogP contribution in [0.5, 0.6) is 11.5 Å². The second kappa shape index (κ2) is 10.6. The van der Waals surface area contributed by atoms with Crippen LogP contribution in [0.1, 0.15) is 18.9 Å². The number of methoxy groups -OCH3 is 1. The van der Waals surface area contributed by atoms with E-state index < -0.39 is 0 Å². The van der Waals surface area contributed by atoms with Crippen LogP contribution in [0.3, 0.4) is 0 Å². The molecule has 2 fully saturated rings. The van der Waals surface area contributed by atoms with Crippen molar-refractivity contribution in [1.82, 2.24) is 10.2 Å². The molecule has 2 aliphatic heterocycles. The van der Waals surface area contributed by atoms with Crippen LogP contribution in [0.2, 0.25) is 5.02 Å². The fraction of sp³-hybridized carbons (Fsp3) is 0.571. The summed E-state index contributed by atoms with van der Waals surface area (Å²) in [6.07, 6.45) is 4.37. The molecule has 1 unspecified atom stereocenters. The summed E-state index contributed by atoms with van der Waals surface area (Å²) in [6.45, 7) is 6.42. The topological polar surface area (TPSA) is 60.0 Å². The minimum Gasteiger partial charge on any atom is -0.493 e. The lowest BCUT2D eigenvalue weighted by molar-refractivity contribution is -0.117. The zero-order chi connectivity index (χ0) is 20.7. The predicted octanol–water partition coefficient (Wildman–Crippen LogP) is 3.08. The Morgan fingerprint density at radius 3 is 2.86 bits per heavy atom. The summed E-state index contributed by atoms with van der Waals surface area (Å²) in [5.74, 6) is 3.13. The van der Waals surface area contributed by atoms with Crippen molar-refractivity contribution in [3.63, 3.8) is 0 Å². The Kier molecular flexibility index (Phi) is 8.12. The Balaban J connectivity index is 1.62. The molecule has 0 saturated carbocycles. The molecule has 6 nitrogen and oxygen atoms in total. The molecule has 1 N–H and O–H groups in total. The minimum absolute atomic E-state index is 0.0314. The number of morpholine rings is 1. The largest absolute Gasteiger partial charge is 0.493 e. The predicted molar refractivity (Wildman–Crippen MR) is 118 cm³/mol. The number of nitrogens with one attached hydrogen (secondary N) is 1. The summed E-state index contributed by atoms with van der Waals surface area (Å²) < 4.78 is 16.4. The first-order chi connectivity index (χ1) is 14.1. The van der Waals surface area contributed by atoms with Crippen LogP contribution in [0, 0.1) is 0 Å². The van der Waals surface area contributed by atoms with Crippen molar-refractivity contribution < 1.29 is 19.0 Å². The van der Waals surface area contributed by atoms with Gasteiger partial charge in [0.1, 0.15) is 0 Å². The van der Waals surface area contributed by atoms with Gasteiger partial charge in [-0.15, -0.1) is 0 Å². The van der Waals surface area contributed by atoms with Crippen LogP contribution in [0.4, 0.5) is 0 Å². The number of halogens is 1. The van der Waals surface area contributed by atoms with Crippen molar-refractivity contribution in [3.05, 3.63) is 28.8 Å². The van der Waals surface area contributed by atoms with E-state index in [1.54, 1.807) is 25.3 Å². The number of amides is 1. The highest BCUT2D eigenvalue weighted by molar-refractivity contribution is 7.99. The van der Waals surface area contributed by atoms with Crippen LogP contribution in [-0.4, -0.2) is 74.4 Å². The van der Waals surface area contributed by atoms with Gasteiger partial charge in [0.25, 0.3) is 0 Å². The van der Waals surface area contributed by atoms with Gasteiger partial charge in [-0.05, 0) is 42.9 Å². The SMILES string of the molecule is CCOc1c(Cl)cc(C=CC(=O)NCC2(N3CCOCC3)CCSC2)cc1OC. The molecule has 0 aromatic heterocycles. The molecule has 2 saturated heterocycles. The van der Waals surface area contributed by atoms with Crippen molar-refractivity contribution in [2.45, 2.75) is 18.9 Å². The van der Waals surface area contributed by atoms with E-state index in [0.29, 0.717) is 29.7 Å². The maximum atomic E-state index is 12.5. The monoisotopic (exact) mass is 440 g/mol. The standard InChI is InChI=1S/C21H29ClN2O4S/c1-3-28-20-17(22)12-16(13-18(20)26-2)4-5-19(25)23-14-21(6-11-29-15-21)24-7-9-27-10-8-24/h4-5,12-13H,3,6-11,14-15H2,1-2H3,(H,23,25). The Morgan fingerprint density at radius 1 is 1.41 bits per heavy atom. The van der Waals surface area contributed by atoms with Crippen LogP contribution < -0.4 is 14.8 Å². The normalized spacial score (nSPS) is 22.7. The van der Waals surface area contributed by atoms with Crippen molar-refractivity contribution in [1.29, 1.82) is 0 Å². The maximum absolute atomic E-state index is 12.5. The number of benzene rings is 1. The number of thioether (sulfide) groups is 1. The zero-order valence-corrected chi connectivity index (χ0v) is 18.6. The van der Waals surface area contributed by atoms with Gasteiger partial charge >= 0.3 is 0 Å². The van der Waals surface area contributed by atoms with Gasteiger partial charge in [0, 0.05) is 37.0 Å². The van der Waals surface area contributed by atoms with E-state index >= 15 is 0 Å². The van der Waals surface area contributed by atoms with E-state index in [9.17, 15) is 4.79 Å². The second-order valence-corrected chi connectivity index (χ2v) is 8.66. The lowest BCUT2D eigenvalue weighted by Gasteiger charge is -2.42. The highest BCUT2D eigenvalue weighted by atomic mass is 35.5. The number of carbonyl (C=O) groups is 1. The average molecular weight is 441 g/mol. The van der Waals surface area contributed by atoms with Gasteiger partial charge < -0.3 is 19.5 Å². The Labute approximate surface area is 181 Å². The Hall–Kier alpha value is -1.41. The molecule has 8 heteroatoms. The molecule has 1 aromatic rings. The van der Waals surface area contributed by atoms with Gasteiger partial charge in [-0.25, -0.2) is 0 Å². The van der Waals surface area contributed by atoms with Gasteiger partial charge in [-0.2, -0.15) is 11.8 Å². The van der Waals surface area contributed by atoms with E-state index in [4.69, 9.17) is 25.8 Å². The number of hydrogen-bond donors (Lipinski definition) is 1. The number of ether oxygens (including phenoxy) is 3.